The minimum absolute atomic E-state index is 0.229. The van der Waals surface area contributed by atoms with Gasteiger partial charge in [0.15, 0.2) is 5.78 Å². The van der Waals surface area contributed by atoms with Crippen molar-refractivity contribution in [3.8, 4) is 0 Å². The van der Waals surface area contributed by atoms with Crippen molar-refractivity contribution in [1.82, 2.24) is 0 Å². The summed E-state index contributed by atoms with van der Waals surface area (Å²) in [7, 11) is 0. The molecule has 0 aliphatic heterocycles. The van der Waals surface area contributed by atoms with E-state index < -0.39 is 0 Å². The van der Waals surface area contributed by atoms with E-state index in [-0.39, 0.29) is 11.2 Å². The molecule has 0 spiro atoms. The van der Waals surface area contributed by atoms with Gasteiger partial charge in [-0.2, -0.15) is 0 Å². The summed E-state index contributed by atoms with van der Waals surface area (Å²) in [5, 5.41) is 1.93. The van der Waals surface area contributed by atoms with E-state index >= 15 is 0 Å². The molecule has 60 valence electrons. The summed E-state index contributed by atoms with van der Waals surface area (Å²) < 4.78 is 0. The van der Waals surface area contributed by atoms with Crippen molar-refractivity contribution in [1.29, 1.82) is 0 Å². The first-order valence-corrected chi connectivity index (χ1v) is 4.48. The highest BCUT2D eigenvalue weighted by molar-refractivity contribution is 7.12. The molecule has 0 radical (unpaired) electrons. The van der Waals surface area contributed by atoms with Crippen LogP contribution in [0, 0.1) is 5.41 Å². The van der Waals surface area contributed by atoms with Crippen LogP contribution in [0.3, 0.4) is 0 Å². The zero-order valence-electron chi connectivity index (χ0n) is 7.05. The van der Waals surface area contributed by atoms with Gasteiger partial charge in [0.1, 0.15) is 0 Å². The highest BCUT2D eigenvalue weighted by atomic mass is 32.1. The van der Waals surface area contributed by atoms with Crippen LogP contribution in [0.15, 0.2) is 17.5 Å². The first-order chi connectivity index (χ1) is 5.02. The third-order valence-electron chi connectivity index (χ3n) is 1.43. The van der Waals surface area contributed by atoms with Crippen LogP contribution in [0.1, 0.15) is 30.4 Å². The summed E-state index contributed by atoms with van der Waals surface area (Å²) in [6.07, 6.45) is 0. The number of Topliss-reactive ketones (excluding diaryl/α,β-unsaturated/α-hetero) is 1. The third kappa shape index (κ3) is 1.90. The lowest BCUT2D eigenvalue weighted by Crippen LogP contribution is -2.18. The van der Waals surface area contributed by atoms with E-state index in [4.69, 9.17) is 0 Å². The zero-order valence-corrected chi connectivity index (χ0v) is 7.87. The first kappa shape index (κ1) is 8.47. The number of carbonyl (C=O) groups is 1. The van der Waals surface area contributed by atoms with Crippen molar-refractivity contribution >= 4 is 17.1 Å². The lowest BCUT2D eigenvalue weighted by molar-refractivity contribution is 0.0863. The van der Waals surface area contributed by atoms with Gasteiger partial charge < -0.3 is 0 Å². The van der Waals surface area contributed by atoms with Gasteiger partial charge in [-0.1, -0.05) is 26.8 Å². The molecule has 0 bridgehead atoms. The molecular formula is C9H12OS. The van der Waals surface area contributed by atoms with Crippen LogP contribution in [-0.2, 0) is 0 Å². The maximum atomic E-state index is 11.5. The van der Waals surface area contributed by atoms with Crippen molar-refractivity contribution in [2.24, 2.45) is 5.41 Å². The van der Waals surface area contributed by atoms with Crippen molar-refractivity contribution < 1.29 is 4.79 Å². The smallest absolute Gasteiger partial charge is 0.178 e. The SMILES string of the molecule is CC(C)(C)C(=O)c1cccs1. The Bertz CT molecular complexity index is 241. The number of rotatable bonds is 1. The van der Waals surface area contributed by atoms with Crippen molar-refractivity contribution in [2.75, 3.05) is 0 Å². The molecule has 1 heterocycles. The zero-order chi connectivity index (χ0) is 8.48. The summed E-state index contributed by atoms with van der Waals surface area (Å²) in [6.45, 7) is 5.82. The Hall–Kier alpha value is -0.630. The number of hydrogen-bond donors (Lipinski definition) is 0. The van der Waals surface area contributed by atoms with E-state index in [1.807, 2.05) is 38.3 Å². The molecule has 0 atom stereocenters. The lowest BCUT2D eigenvalue weighted by atomic mass is 9.90. The Balaban J connectivity index is 2.88. The quantitative estimate of drug-likeness (QED) is 0.589. The molecule has 2 heteroatoms. The lowest BCUT2D eigenvalue weighted by Gasteiger charge is -2.14. The maximum Gasteiger partial charge on any atom is 0.178 e. The number of carbonyl (C=O) groups excluding carboxylic acids is 1. The molecule has 0 saturated carbocycles. The van der Waals surface area contributed by atoms with Gasteiger partial charge in [0.25, 0.3) is 0 Å². The van der Waals surface area contributed by atoms with Gasteiger partial charge in [-0.05, 0) is 11.4 Å². The minimum atomic E-state index is -0.245. The second kappa shape index (κ2) is 2.78. The van der Waals surface area contributed by atoms with E-state index in [1.165, 1.54) is 11.3 Å². The first-order valence-electron chi connectivity index (χ1n) is 3.60. The summed E-state index contributed by atoms with van der Waals surface area (Å²) in [4.78, 5) is 12.4. The fourth-order valence-electron chi connectivity index (χ4n) is 0.777. The van der Waals surface area contributed by atoms with E-state index in [2.05, 4.69) is 0 Å². The summed E-state index contributed by atoms with van der Waals surface area (Å²) in [5.74, 6) is 0.229. The molecule has 0 aromatic carbocycles. The summed E-state index contributed by atoms with van der Waals surface area (Å²) in [6, 6.07) is 3.78. The molecule has 0 amide bonds. The summed E-state index contributed by atoms with van der Waals surface area (Å²) in [5.41, 5.74) is -0.245. The fraction of sp³-hybridized carbons (Fsp3) is 0.444. The second-order valence-corrected chi connectivity index (χ2v) is 4.50. The van der Waals surface area contributed by atoms with Gasteiger partial charge in [0.05, 0.1) is 4.88 Å². The van der Waals surface area contributed by atoms with Crippen LogP contribution in [-0.4, -0.2) is 5.78 Å². The molecule has 0 saturated heterocycles. The molecule has 0 N–H and O–H groups in total. The Kier molecular flexibility index (Phi) is 2.14. The number of thiophene rings is 1. The molecule has 1 aromatic rings. The number of hydrogen-bond acceptors (Lipinski definition) is 2. The Morgan fingerprint density at radius 3 is 2.45 bits per heavy atom. The summed E-state index contributed by atoms with van der Waals surface area (Å²) >= 11 is 1.51. The Morgan fingerprint density at radius 1 is 1.45 bits per heavy atom. The molecule has 0 aliphatic carbocycles. The molecule has 1 rings (SSSR count). The maximum absolute atomic E-state index is 11.5. The van der Waals surface area contributed by atoms with Gasteiger partial charge >= 0.3 is 0 Å². The van der Waals surface area contributed by atoms with E-state index in [1.54, 1.807) is 0 Å². The largest absolute Gasteiger partial charge is 0.293 e. The van der Waals surface area contributed by atoms with Crippen molar-refractivity contribution in [3.63, 3.8) is 0 Å². The highest BCUT2D eigenvalue weighted by Gasteiger charge is 2.23. The van der Waals surface area contributed by atoms with Gasteiger partial charge in [0.2, 0.25) is 0 Å². The van der Waals surface area contributed by atoms with E-state index in [0.717, 1.165) is 4.88 Å². The fourth-order valence-corrected chi connectivity index (χ4v) is 1.65. The Labute approximate surface area is 71.1 Å². The topological polar surface area (TPSA) is 17.1 Å². The predicted molar refractivity (Wildman–Crippen MR) is 48.1 cm³/mol. The van der Waals surface area contributed by atoms with Crippen LogP contribution in [0.5, 0.6) is 0 Å². The van der Waals surface area contributed by atoms with Crippen LogP contribution < -0.4 is 0 Å². The molecule has 1 aromatic heterocycles. The molecule has 0 fully saturated rings. The molecule has 0 aliphatic rings. The van der Waals surface area contributed by atoms with Crippen LogP contribution in [0.4, 0.5) is 0 Å². The second-order valence-electron chi connectivity index (χ2n) is 3.56. The average molecular weight is 168 g/mol. The van der Waals surface area contributed by atoms with Crippen LogP contribution >= 0.6 is 11.3 Å². The Morgan fingerprint density at radius 2 is 2.09 bits per heavy atom. The normalized spacial score (nSPS) is 11.5. The minimum Gasteiger partial charge on any atom is -0.293 e. The van der Waals surface area contributed by atoms with Crippen molar-refractivity contribution in [2.45, 2.75) is 20.8 Å². The predicted octanol–water partition coefficient (Wildman–Crippen LogP) is 2.98. The van der Waals surface area contributed by atoms with Crippen molar-refractivity contribution in [3.05, 3.63) is 22.4 Å². The van der Waals surface area contributed by atoms with Gasteiger partial charge in [-0.3, -0.25) is 4.79 Å². The molecule has 1 nitrogen and oxygen atoms in total. The molecule has 11 heavy (non-hydrogen) atoms. The standard InChI is InChI=1S/C9H12OS/c1-9(2,3)8(10)7-5-4-6-11-7/h4-6H,1-3H3. The highest BCUT2D eigenvalue weighted by Crippen LogP contribution is 2.23. The third-order valence-corrected chi connectivity index (χ3v) is 2.29. The monoisotopic (exact) mass is 168 g/mol. The van der Waals surface area contributed by atoms with Gasteiger partial charge in [-0.15, -0.1) is 11.3 Å². The molecular weight excluding hydrogens is 156 g/mol. The van der Waals surface area contributed by atoms with Gasteiger partial charge in [0, 0.05) is 5.41 Å². The van der Waals surface area contributed by atoms with Gasteiger partial charge in [-0.25, -0.2) is 0 Å². The average Bonchev–Trinajstić information content (AvgIpc) is 2.34. The molecule has 0 unspecified atom stereocenters. The van der Waals surface area contributed by atoms with Crippen LogP contribution in [0.25, 0.3) is 0 Å². The number of ketones is 1. The van der Waals surface area contributed by atoms with E-state index in [9.17, 15) is 4.79 Å². The van der Waals surface area contributed by atoms with E-state index in [0.29, 0.717) is 0 Å². The van der Waals surface area contributed by atoms with Crippen LogP contribution in [0.2, 0.25) is 0 Å².